The highest BCUT2D eigenvalue weighted by molar-refractivity contribution is 6.46. The zero-order valence-corrected chi connectivity index (χ0v) is 17.6. The first kappa shape index (κ1) is 21.1. The maximum atomic E-state index is 13.0. The SMILES string of the molecule is COc1ccc(/C(O)=C2\C(=O)C(=O)N(CCN3CCNCC3)[C@@H]2c2ccccc2)cc1. The number of Topliss-reactive ketones (excluding diaryl/α,β-unsaturated/α-hetero) is 1. The summed E-state index contributed by atoms with van der Waals surface area (Å²) in [5.41, 5.74) is 1.40. The summed E-state index contributed by atoms with van der Waals surface area (Å²) in [6.45, 7) is 4.75. The Bertz CT molecular complexity index is 966. The molecular weight excluding hydrogens is 394 g/mol. The summed E-state index contributed by atoms with van der Waals surface area (Å²) in [5.74, 6) is -0.742. The minimum absolute atomic E-state index is 0.127. The Kier molecular flexibility index (Phi) is 6.34. The second kappa shape index (κ2) is 9.32. The summed E-state index contributed by atoms with van der Waals surface area (Å²) in [6, 6.07) is 15.6. The lowest BCUT2D eigenvalue weighted by Gasteiger charge is -2.31. The quantitative estimate of drug-likeness (QED) is 0.422. The lowest BCUT2D eigenvalue weighted by Crippen LogP contribution is -2.46. The van der Waals surface area contributed by atoms with Crippen LogP contribution in [0.15, 0.2) is 60.2 Å². The topological polar surface area (TPSA) is 82.1 Å². The van der Waals surface area contributed by atoms with Crippen molar-refractivity contribution >= 4 is 17.4 Å². The molecule has 0 aliphatic carbocycles. The highest BCUT2D eigenvalue weighted by Crippen LogP contribution is 2.39. The molecule has 0 bridgehead atoms. The molecule has 31 heavy (non-hydrogen) atoms. The van der Waals surface area contributed by atoms with Gasteiger partial charge in [-0.25, -0.2) is 0 Å². The van der Waals surface area contributed by atoms with Gasteiger partial charge in [-0.3, -0.25) is 14.5 Å². The number of carbonyl (C=O) groups excluding carboxylic acids is 2. The summed E-state index contributed by atoms with van der Waals surface area (Å²) >= 11 is 0. The van der Waals surface area contributed by atoms with Crippen LogP contribution in [0.2, 0.25) is 0 Å². The number of nitrogens with one attached hydrogen (secondary N) is 1. The molecule has 2 aromatic carbocycles. The van der Waals surface area contributed by atoms with Crippen LogP contribution < -0.4 is 10.1 Å². The number of likely N-dealkylation sites (tertiary alicyclic amines) is 1. The predicted octanol–water partition coefficient (Wildman–Crippen LogP) is 2.02. The molecule has 162 valence electrons. The van der Waals surface area contributed by atoms with Gasteiger partial charge in [0.25, 0.3) is 11.7 Å². The number of aliphatic hydroxyl groups is 1. The van der Waals surface area contributed by atoms with Gasteiger partial charge in [-0.1, -0.05) is 30.3 Å². The molecule has 2 aromatic rings. The van der Waals surface area contributed by atoms with Gasteiger partial charge in [0.15, 0.2) is 0 Å². The summed E-state index contributed by atoms with van der Waals surface area (Å²) in [5, 5.41) is 14.4. The molecule has 0 saturated carbocycles. The summed E-state index contributed by atoms with van der Waals surface area (Å²) in [7, 11) is 1.56. The molecule has 7 heteroatoms. The Labute approximate surface area is 181 Å². The van der Waals surface area contributed by atoms with Crippen molar-refractivity contribution in [1.82, 2.24) is 15.1 Å². The first-order valence-corrected chi connectivity index (χ1v) is 10.5. The third-order valence-corrected chi connectivity index (χ3v) is 5.89. The molecule has 2 fully saturated rings. The van der Waals surface area contributed by atoms with E-state index in [0.717, 1.165) is 31.7 Å². The Balaban J connectivity index is 1.70. The monoisotopic (exact) mass is 421 g/mol. The molecule has 0 radical (unpaired) electrons. The maximum absolute atomic E-state index is 13.0. The average molecular weight is 421 g/mol. The molecule has 4 rings (SSSR count). The number of hydrogen-bond acceptors (Lipinski definition) is 6. The minimum Gasteiger partial charge on any atom is -0.507 e. The zero-order chi connectivity index (χ0) is 21.8. The van der Waals surface area contributed by atoms with Crippen molar-refractivity contribution < 1.29 is 19.4 Å². The fraction of sp³-hybridized carbons (Fsp3) is 0.333. The predicted molar refractivity (Wildman–Crippen MR) is 118 cm³/mol. The Morgan fingerprint density at radius 3 is 2.35 bits per heavy atom. The highest BCUT2D eigenvalue weighted by Gasteiger charge is 2.45. The molecule has 1 atom stereocenters. The second-order valence-corrected chi connectivity index (χ2v) is 7.72. The van der Waals surface area contributed by atoms with Crippen molar-refractivity contribution in [2.45, 2.75) is 6.04 Å². The van der Waals surface area contributed by atoms with E-state index in [1.165, 1.54) is 0 Å². The molecule has 2 aliphatic rings. The number of benzene rings is 2. The van der Waals surface area contributed by atoms with E-state index < -0.39 is 17.7 Å². The van der Waals surface area contributed by atoms with Crippen LogP contribution in [0.1, 0.15) is 17.2 Å². The molecule has 2 heterocycles. The number of nitrogens with zero attached hydrogens (tertiary/aromatic N) is 2. The van der Waals surface area contributed by atoms with Crippen molar-refractivity contribution in [2.24, 2.45) is 0 Å². The second-order valence-electron chi connectivity index (χ2n) is 7.72. The molecule has 0 spiro atoms. The Morgan fingerprint density at radius 1 is 1.03 bits per heavy atom. The van der Waals surface area contributed by atoms with Crippen LogP contribution in [0, 0.1) is 0 Å². The van der Waals surface area contributed by atoms with Crippen LogP contribution in [-0.4, -0.2) is 73.0 Å². The van der Waals surface area contributed by atoms with Gasteiger partial charge in [0.2, 0.25) is 0 Å². The van der Waals surface area contributed by atoms with E-state index in [-0.39, 0.29) is 11.3 Å². The number of ketones is 1. The Hall–Kier alpha value is -3.16. The fourth-order valence-corrected chi connectivity index (χ4v) is 4.18. The average Bonchev–Trinajstić information content (AvgIpc) is 3.08. The number of piperazine rings is 1. The normalized spacial score (nSPS) is 21.5. The van der Waals surface area contributed by atoms with Gasteiger partial charge in [0.05, 0.1) is 18.7 Å². The number of rotatable bonds is 6. The molecule has 1 amide bonds. The molecule has 2 N–H and O–H groups in total. The van der Waals surface area contributed by atoms with Gasteiger partial charge < -0.3 is 20.1 Å². The van der Waals surface area contributed by atoms with Gasteiger partial charge in [0, 0.05) is 44.8 Å². The van der Waals surface area contributed by atoms with Gasteiger partial charge in [-0.2, -0.15) is 0 Å². The largest absolute Gasteiger partial charge is 0.507 e. The highest BCUT2D eigenvalue weighted by atomic mass is 16.5. The minimum atomic E-state index is -0.650. The van der Waals surface area contributed by atoms with E-state index >= 15 is 0 Å². The molecule has 0 unspecified atom stereocenters. The van der Waals surface area contributed by atoms with Gasteiger partial charge in [-0.15, -0.1) is 0 Å². The molecule has 2 aliphatic heterocycles. The first-order valence-electron chi connectivity index (χ1n) is 10.5. The van der Waals surface area contributed by atoms with Crippen LogP contribution in [0.25, 0.3) is 5.76 Å². The standard InChI is InChI=1S/C24H27N3O4/c1-31-19-9-7-18(8-10-19)22(28)20-21(17-5-3-2-4-6-17)27(24(30)23(20)29)16-15-26-13-11-25-12-14-26/h2-10,21,25,28H,11-16H2,1H3/b22-20+/t21-/m1/s1. The van der Waals surface area contributed by atoms with Gasteiger partial charge in [0.1, 0.15) is 11.5 Å². The molecule has 0 aromatic heterocycles. The van der Waals surface area contributed by atoms with Crippen LogP contribution >= 0.6 is 0 Å². The fourth-order valence-electron chi connectivity index (χ4n) is 4.18. The number of methoxy groups -OCH3 is 1. The number of hydrogen-bond donors (Lipinski definition) is 2. The number of carbonyl (C=O) groups is 2. The third-order valence-electron chi connectivity index (χ3n) is 5.89. The van der Waals surface area contributed by atoms with Crippen molar-refractivity contribution in [2.75, 3.05) is 46.4 Å². The van der Waals surface area contributed by atoms with E-state index in [1.807, 2.05) is 30.3 Å². The summed E-state index contributed by atoms with van der Waals surface area (Å²) < 4.78 is 5.17. The van der Waals surface area contributed by atoms with Crippen LogP contribution in [0.5, 0.6) is 5.75 Å². The van der Waals surface area contributed by atoms with Crippen molar-refractivity contribution in [3.8, 4) is 5.75 Å². The van der Waals surface area contributed by atoms with E-state index in [0.29, 0.717) is 24.4 Å². The number of ether oxygens (including phenoxy) is 1. The van der Waals surface area contributed by atoms with Crippen molar-refractivity contribution in [1.29, 1.82) is 0 Å². The lowest BCUT2D eigenvalue weighted by molar-refractivity contribution is -0.140. The van der Waals surface area contributed by atoms with E-state index in [2.05, 4.69) is 10.2 Å². The first-order chi connectivity index (χ1) is 15.1. The smallest absolute Gasteiger partial charge is 0.295 e. The van der Waals surface area contributed by atoms with Gasteiger partial charge >= 0.3 is 0 Å². The van der Waals surface area contributed by atoms with Crippen LogP contribution in [0.3, 0.4) is 0 Å². The van der Waals surface area contributed by atoms with Crippen LogP contribution in [-0.2, 0) is 9.59 Å². The summed E-state index contributed by atoms with van der Waals surface area (Å²) in [4.78, 5) is 29.9. The van der Waals surface area contributed by atoms with Crippen molar-refractivity contribution in [3.05, 3.63) is 71.3 Å². The number of amides is 1. The van der Waals surface area contributed by atoms with Crippen molar-refractivity contribution in [3.63, 3.8) is 0 Å². The molecule has 7 nitrogen and oxygen atoms in total. The molecular formula is C24H27N3O4. The van der Waals surface area contributed by atoms with E-state index in [4.69, 9.17) is 4.74 Å². The number of aliphatic hydroxyl groups excluding tert-OH is 1. The van der Waals surface area contributed by atoms with E-state index in [9.17, 15) is 14.7 Å². The van der Waals surface area contributed by atoms with Crippen LogP contribution in [0.4, 0.5) is 0 Å². The third kappa shape index (κ3) is 4.33. The van der Waals surface area contributed by atoms with E-state index in [1.54, 1.807) is 36.3 Å². The Morgan fingerprint density at radius 2 is 1.71 bits per heavy atom. The zero-order valence-electron chi connectivity index (χ0n) is 17.6. The maximum Gasteiger partial charge on any atom is 0.295 e. The van der Waals surface area contributed by atoms with Gasteiger partial charge in [-0.05, 0) is 29.8 Å². The molecule has 2 saturated heterocycles. The summed E-state index contributed by atoms with van der Waals surface area (Å²) in [6.07, 6.45) is 0. The lowest BCUT2D eigenvalue weighted by atomic mass is 9.95.